The molecule has 1 atom stereocenters. The molecule has 0 saturated carbocycles. The molecule has 0 amide bonds. The molecule has 108 valence electrons. The van der Waals surface area contributed by atoms with Crippen molar-refractivity contribution in [1.82, 2.24) is 5.32 Å². The number of alkyl halides is 3. The van der Waals surface area contributed by atoms with Gasteiger partial charge < -0.3 is 10.1 Å². The van der Waals surface area contributed by atoms with Gasteiger partial charge in [0.25, 0.3) is 0 Å². The van der Waals surface area contributed by atoms with E-state index in [2.05, 4.69) is 10.1 Å². The Hall–Kier alpha value is -1.23. The Morgan fingerprint density at radius 3 is 2.47 bits per heavy atom. The highest BCUT2D eigenvalue weighted by Crippen LogP contribution is 2.31. The van der Waals surface area contributed by atoms with Crippen molar-refractivity contribution in [2.75, 3.05) is 6.54 Å². The summed E-state index contributed by atoms with van der Waals surface area (Å²) < 4.78 is 40.3. The van der Waals surface area contributed by atoms with Gasteiger partial charge >= 0.3 is 6.36 Å². The molecule has 0 bridgehead atoms. The van der Waals surface area contributed by atoms with Crippen LogP contribution in [0, 0.1) is 6.92 Å². The van der Waals surface area contributed by atoms with Crippen LogP contribution >= 0.6 is 0 Å². The lowest BCUT2D eigenvalue weighted by atomic mass is 10.00. The standard InChI is InChI=1S/C12H14F3NO.C2H6/c1-8-4-5-9(17-12(13,14)15)7-10(8)11-3-2-6-16-11;1-2/h4-5,7,11,16H,2-3,6H2,1H3;1-2H3. The minimum absolute atomic E-state index is 0.145. The minimum atomic E-state index is -4.63. The summed E-state index contributed by atoms with van der Waals surface area (Å²) in [5, 5.41) is 3.27. The van der Waals surface area contributed by atoms with E-state index in [0.29, 0.717) is 0 Å². The predicted octanol–water partition coefficient (Wildman–Crippen LogP) is 4.34. The highest BCUT2D eigenvalue weighted by atomic mass is 19.4. The Morgan fingerprint density at radius 1 is 1.26 bits per heavy atom. The topological polar surface area (TPSA) is 21.3 Å². The van der Waals surface area contributed by atoms with Crippen LogP contribution < -0.4 is 10.1 Å². The second-order valence-corrected chi connectivity index (χ2v) is 4.22. The van der Waals surface area contributed by atoms with Crippen LogP contribution in [0.5, 0.6) is 5.75 Å². The third-order valence-electron chi connectivity index (χ3n) is 2.92. The van der Waals surface area contributed by atoms with Gasteiger partial charge in [-0.25, -0.2) is 0 Å². The van der Waals surface area contributed by atoms with Gasteiger partial charge in [0.1, 0.15) is 5.75 Å². The van der Waals surface area contributed by atoms with E-state index < -0.39 is 6.36 Å². The van der Waals surface area contributed by atoms with Crippen LogP contribution in [0.15, 0.2) is 18.2 Å². The largest absolute Gasteiger partial charge is 0.573 e. The molecule has 0 aliphatic carbocycles. The summed E-state index contributed by atoms with van der Waals surface area (Å²) in [4.78, 5) is 0. The van der Waals surface area contributed by atoms with Gasteiger partial charge in [0, 0.05) is 6.04 Å². The average molecular weight is 275 g/mol. The van der Waals surface area contributed by atoms with Crippen molar-refractivity contribution in [2.45, 2.75) is 46.0 Å². The van der Waals surface area contributed by atoms with Gasteiger partial charge in [-0.1, -0.05) is 19.9 Å². The quantitative estimate of drug-likeness (QED) is 0.866. The molecule has 0 spiro atoms. The second kappa shape index (κ2) is 6.80. The zero-order valence-electron chi connectivity index (χ0n) is 11.5. The van der Waals surface area contributed by atoms with Crippen molar-refractivity contribution in [3.8, 4) is 5.75 Å². The van der Waals surface area contributed by atoms with E-state index in [1.807, 2.05) is 20.8 Å². The molecule has 1 aromatic rings. The maximum atomic E-state index is 12.1. The first-order valence-electron chi connectivity index (χ1n) is 6.55. The van der Waals surface area contributed by atoms with E-state index in [0.717, 1.165) is 30.5 Å². The van der Waals surface area contributed by atoms with E-state index in [-0.39, 0.29) is 11.8 Å². The number of ether oxygens (including phenoxy) is 1. The lowest BCUT2D eigenvalue weighted by molar-refractivity contribution is -0.274. The molecule has 2 nitrogen and oxygen atoms in total. The van der Waals surface area contributed by atoms with Crippen LogP contribution in [0.25, 0.3) is 0 Å². The molecule has 19 heavy (non-hydrogen) atoms. The van der Waals surface area contributed by atoms with E-state index in [1.54, 1.807) is 6.07 Å². The smallest absolute Gasteiger partial charge is 0.406 e. The maximum absolute atomic E-state index is 12.1. The number of halogens is 3. The number of hydrogen-bond acceptors (Lipinski definition) is 2. The lowest BCUT2D eigenvalue weighted by Crippen LogP contribution is -2.18. The molecule has 2 rings (SSSR count). The van der Waals surface area contributed by atoms with Crippen molar-refractivity contribution in [1.29, 1.82) is 0 Å². The molecular weight excluding hydrogens is 255 g/mol. The van der Waals surface area contributed by atoms with Crippen LogP contribution in [-0.2, 0) is 0 Å². The summed E-state index contributed by atoms with van der Waals surface area (Å²) in [5.74, 6) is -0.146. The number of nitrogens with one attached hydrogen (secondary N) is 1. The van der Waals surface area contributed by atoms with Gasteiger partial charge in [0.2, 0.25) is 0 Å². The normalized spacial score (nSPS) is 18.7. The Morgan fingerprint density at radius 2 is 1.95 bits per heavy atom. The van der Waals surface area contributed by atoms with Gasteiger partial charge in [-0.2, -0.15) is 0 Å². The summed E-state index contributed by atoms with van der Waals surface area (Å²) in [7, 11) is 0. The first-order chi connectivity index (χ1) is 8.96. The summed E-state index contributed by atoms with van der Waals surface area (Å²) in [6.45, 7) is 6.81. The fraction of sp³-hybridized carbons (Fsp3) is 0.571. The maximum Gasteiger partial charge on any atom is 0.573 e. The van der Waals surface area contributed by atoms with Crippen LogP contribution in [-0.4, -0.2) is 12.9 Å². The number of benzene rings is 1. The van der Waals surface area contributed by atoms with E-state index >= 15 is 0 Å². The molecule has 1 saturated heterocycles. The van der Waals surface area contributed by atoms with E-state index in [9.17, 15) is 13.2 Å². The molecule has 0 radical (unpaired) electrons. The highest BCUT2D eigenvalue weighted by molar-refractivity contribution is 5.37. The molecule has 1 aromatic carbocycles. The van der Waals surface area contributed by atoms with Crippen LogP contribution in [0.3, 0.4) is 0 Å². The molecule has 1 aliphatic heterocycles. The van der Waals surface area contributed by atoms with Gasteiger partial charge in [-0.3, -0.25) is 0 Å². The van der Waals surface area contributed by atoms with Gasteiger partial charge in [-0.15, -0.1) is 13.2 Å². The lowest BCUT2D eigenvalue weighted by Gasteiger charge is -2.16. The van der Waals surface area contributed by atoms with Crippen molar-refractivity contribution < 1.29 is 17.9 Å². The van der Waals surface area contributed by atoms with Gasteiger partial charge in [0.05, 0.1) is 0 Å². The molecule has 1 N–H and O–H groups in total. The fourth-order valence-electron chi connectivity index (χ4n) is 2.14. The zero-order valence-corrected chi connectivity index (χ0v) is 11.5. The first-order valence-corrected chi connectivity index (χ1v) is 6.55. The molecule has 1 aliphatic rings. The third kappa shape index (κ3) is 4.74. The zero-order chi connectivity index (χ0) is 14.5. The van der Waals surface area contributed by atoms with Crippen LogP contribution in [0.1, 0.15) is 43.9 Å². The van der Waals surface area contributed by atoms with Crippen LogP contribution in [0.2, 0.25) is 0 Å². The summed E-state index contributed by atoms with van der Waals surface area (Å²) in [5.41, 5.74) is 1.88. The summed E-state index contributed by atoms with van der Waals surface area (Å²) in [6.07, 6.45) is -2.62. The Balaban J connectivity index is 0.000000861. The van der Waals surface area contributed by atoms with Crippen molar-refractivity contribution in [3.05, 3.63) is 29.3 Å². The molecule has 1 heterocycles. The monoisotopic (exact) mass is 275 g/mol. The second-order valence-electron chi connectivity index (χ2n) is 4.22. The van der Waals surface area contributed by atoms with E-state index in [4.69, 9.17) is 0 Å². The van der Waals surface area contributed by atoms with Gasteiger partial charge in [0.15, 0.2) is 0 Å². The van der Waals surface area contributed by atoms with Crippen molar-refractivity contribution in [2.24, 2.45) is 0 Å². The molecule has 1 unspecified atom stereocenters. The molecular formula is C14H20F3NO. The highest BCUT2D eigenvalue weighted by Gasteiger charge is 2.31. The van der Waals surface area contributed by atoms with Gasteiger partial charge in [-0.05, 0) is 49.6 Å². The Kier molecular flexibility index (Phi) is 5.66. The first kappa shape index (κ1) is 15.8. The predicted molar refractivity (Wildman–Crippen MR) is 69.2 cm³/mol. The minimum Gasteiger partial charge on any atom is -0.406 e. The third-order valence-corrected chi connectivity index (χ3v) is 2.92. The van der Waals surface area contributed by atoms with Crippen LogP contribution in [0.4, 0.5) is 13.2 Å². The average Bonchev–Trinajstić information content (AvgIpc) is 2.86. The molecule has 0 aromatic heterocycles. The molecule has 5 heteroatoms. The van der Waals surface area contributed by atoms with Crippen molar-refractivity contribution in [3.63, 3.8) is 0 Å². The number of aryl methyl sites for hydroxylation is 1. The SMILES string of the molecule is CC.Cc1ccc(OC(F)(F)F)cc1C1CCCN1. The van der Waals surface area contributed by atoms with Crippen molar-refractivity contribution >= 4 is 0 Å². The Bertz CT molecular complexity index is 398. The summed E-state index contributed by atoms with van der Waals surface area (Å²) >= 11 is 0. The fourth-order valence-corrected chi connectivity index (χ4v) is 2.14. The number of hydrogen-bond donors (Lipinski definition) is 1. The Labute approximate surface area is 112 Å². The summed E-state index contributed by atoms with van der Waals surface area (Å²) in [6, 6.07) is 4.63. The molecule has 1 fully saturated rings. The van der Waals surface area contributed by atoms with E-state index in [1.165, 1.54) is 12.1 Å². The number of rotatable bonds is 2.